The van der Waals surface area contributed by atoms with E-state index in [1.165, 1.54) is 4.57 Å². The SMILES string of the molecule is CC(C)[C@H](OC(=O)n1c2ccccc2c2ccccc21)C1=N[C@H]2CC(=O)O[C@@]2(CF)O1. The molecule has 1 fully saturated rings. The van der Waals surface area contributed by atoms with E-state index in [9.17, 15) is 14.0 Å². The van der Waals surface area contributed by atoms with E-state index in [0.29, 0.717) is 0 Å². The highest BCUT2D eigenvalue weighted by molar-refractivity contribution is 6.12. The third kappa shape index (κ3) is 2.97. The van der Waals surface area contributed by atoms with Gasteiger partial charge in [-0.05, 0) is 18.1 Å². The van der Waals surface area contributed by atoms with Crippen molar-refractivity contribution in [3.63, 3.8) is 0 Å². The molecule has 0 amide bonds. The summed E-state index contributed by atoms with van der Waals surface area (Å²) < 4.78 is 31.8. The van der Waals surface area contributed by atoms with Crippen LogP contribution in [0.15, 0.2) is 53.5 Å². The molecule has 8 heteroatoms. The van der Waals surface area contributed by atoms with Crippen molar-refractivity contribution in [1.29, 1.82) is 0 Å². The Bertz CT molecular complexity index is 1180. The van der Waals surface area contributed by atoms with Crippen LogP contribution in [0.2, 0.25) is 0 Å². The fraction of sp³-hybridized carbons (Fsp3) is 0.348. The number of aromatic nitrogens is 1. The number of hydrogen-bond acceptors (Lipinski definition) is 6. The van der Waals surface area contributed by atoms with E-state index < -0.39 is 36.7 Å². The molecule has 31 heavy (non-hydrogen) atoms. The highest BCUT2D eigenvalue weighted by Crippen LogP contribution is 2.38. The topological polar surface area (TPSA) is 79.1 Å². The second-order valence-electron chi connectivity index (χ2n) is 8.13. The number of aliphatic imine (C=N–C) groups is 1. The van der Waals surface area contributed by atoms with Crippen molar-refractivity contribution in [1.82, 2.24) is 4.57 Å². The van der Waals surface area contributed by atoms with Crippen molar-refractivity contribution in [3.8, 4) is 0 Å². The zero-order valence-corrected chi connectivity index (χ0v) is 17.1. The third-order valence-electron chi connectivity index (χ3n) is 5.74. The van der Waals surface area contributed by atoms with Crippen molar-refractivity contribution in [2.24, 2.45) is 10.9 Å². The Balaban J connectivity index is 1.51. The summed E-state index contributed by atoms with van der Waals surface area (Å²) in [6.45, 7) is 2.66. The van der Waals surface area contributed by atoms with Gasteiger partial charge in [0.1, 0.15) is 6.04 Å². The van der Waals surface area contributed by atoms with Gasteiger partial charge < -0.3 is 14.2 Å². The number of alkyl halides is 1. The molecule has 1 saturated heterocycles. The van der Waals surface area contributed by atoms with Crippen LogP contribution in [0.25, 0.3) is 21.8 Å². The predicted octanol–water partition coefficient (Wildman–Crippen LogP) is 4.21. The molecule has 2 aromatic carbocycles. The van der Waals surface area contributed by atoms with E-state index in [4.69, 9.17) is 14.2 Å². The molecule has 160 valence electrons. The molecule has 0 N–H and O–H groups in total. The number of para-hydroxylation sites is 2. The lowest BCUT2D eigenvalue weighted by atomic mass is 10.1. The van der Waals surface area contributed by atoms with Gasteiger partial charge in [-0.25, -0.2) is 18.7 Å². The molecule has 0 bridgehead atoms. The van der Waals surface area contributed by atoms with Gasteiger partial charge in [0.25, 0.3) is 0 Å². The van der Waals surface area contributed by atoms with Crippen LogP contribution in [0.4, 0.5) is 9.18 Å². The lowest BCUT2D eigenvalue weighted by molar-refractivity contribution is -0.186. The van der Waals surface area contributed by atoms with E-state index in [0.717, 1.165) is 21.8 Å². The van der Waals surface area contributed by atoms with Gasteiger partial charge >= 0.3 is 17.8 Å². The van der Waals surface area contributed by atoms with Gasteiger partial charge in [0.05, 0.1) is 17.5 Å². The van der Waals surface area contributed by atoms with E-state index in [1.807, 2.05) is 62.4 Å². The average molecular weight is 424 g/mol. The Hall–Kier alpha value is -3.42. The number of ether oxygens (including phenoxy) is 3. The second-order valence-corrected chi connectivity index (χ2v) is 8.13. The minimum Gasteiger partial charge on any atom is -0.435 e. The molecular formula is C23H21FN2O5. The number of carbonyl (C=O) groups excluding carboxylic acids is 2. The van der Waals surface area contributed by atoms with Crippen molar-refractivity contribution in [2.75, 3.05) is 6.67 Å². The maximum Gasteiger partial charge on any atom is 0.419 e. The summed E-state index contributed by atoms with van der Waals surface area (Å²) >= 11 is 0. The largest absolute Gasteiger partial charge is 0.435 e. The van der Waals surface area contributed by atoms with Crippen LogP contribution in [-0.2, 0) is 19.0 Å². The summed E-state index contributed by atoms with van der Waals surface area (Å²) in [4.78, 5) is 29.3. The van der Waals surface area contributed by atoms with Crippen LogP contribution < -0.4 is 0 Å². The lowest BCUT2D eigenvalue weighted by Crippen LogP contribution is -2.43. The number of halogens is 1. The van der Waals surface area contributed by atoms with E-state index in [1.54, 1.807) is 0 Å². The van der Waals surface area contributed by atoms with Crippen molar-refractivity contribution >= 4 is 39.8 Å². The summed E-state index contributed by atoms with van der Waals surface area (Å²) in [5.74, 6) is -2.45. The van der Waals surface area contributed by atoms with Gasteiger partial charge in [-0.3, -0.25) is 4.79 Å². The van der Waals surface area contributed by atoms with Crippen LogP contribution in [0.5, 0.6) is 0 Å². The molecule has 2 aliphatic rings. The number of rotatable bonds is 4. The van der Waals surface area contributed by atoms with Gasteiger partial charge in [-0.2, -0.15) is 0 Å². The molecule has 7 nitrogen and oxygen atoms in total. The number of esters is 1. The van der Waals surface area contributed by atoms with Crippen LogP contribution in [0, 0.1) is 5.92 Å². The quantitative estimate of drug-likeness (QED) is 0.586. The first-order chi connectivity index (χ1) is 14.9. The smallest absolute Gasteiger partial charge is 0.419 e. The van der Waals surface area contributed by atoms with Gasteiger partial charge in [0.2, 0.25) is 5.90 Å². The third-order valence-corrected chi connectivity index (χ3v) is 5.74. The van der Waals surface area contributed by atoms with Crippen molar-refractivity contribution in [3.05, 3.63) is 48.5 Å². The summed E-state index contributed by atoms with van der Waals surface area (Å²) in [6.07, 6.45) is -1.52. The van der Waals surface area contributed by atoms with Crippen LogP contribution in [-0.4, -0.2) is 47.1 Å². The van der Waals surface area contributed by atoms with E-state index >= 15 is 0 Å². The number of nitrogens with zero attached hydrogens (tertiary/aromatic N) is 2. The highest BCUT2D eigenvalue weighted by Gasteiger charge is 2.58. The fourth-order valence-electron chi connectivity index (χ4n) is 4.23. The molecule has 0 unspecified atom stereocenters. The molecule has 0 radical (unpaired) electrons. The summed E-state index contributed by atoms with van der Waals surface area (Å²) in [7, 11) is 0. The number of hydrogen-bond donors (Lipinski definition) is 0. The van der Waals surface area contributed by atoms with Crippen LogP contribution >= 0.6 is 0 Å². The minimum absolute atomic E-state index is 0.0688. The van der Waals surface area contributed by atoms with E-state index in [-0.39, 0.29) is 18.2 Å². The first kappa shape index (κ1) is 19.5. The Labute approximate surface area is 177 Å². The lowest BCUT2D eigenvalue weighted by Gasteiger charge is -2.26. The molecule has 3 heterocycles. The van der Waals surface area contributed by atoms with Gasteiger partial charge in [0.15, 0.2) is 12.8 Å². The summed E-state index contributed by atoms with van der Waals surface area (Å²) in [6, 6.07) is 14.4. The molecule has 0 aliphatic carbocycles. The number of carbonyl (C=O) groups is 2. The standard InChI is InChI=1S/C23H21FN2O5/c1-13(2)20(21-25-18-11-19(27)30-23(18,12-24)31-21)29-22(28)26-16-9-5-3-7-14(16)15-8-4-6-10-17(15)26/h3-10,13,18,20H,11-12H2,1-2H3/t18-,20-,23-/m0/s1. The first-order valence-electron chi connectivity index (χ1n) is 10.2. The summed E-state index contributed by atoms with van der Waals surface area (Å²) in [5, 5.41) is 1.87. The zero-order chi connectivity index (χ0) is 21.8. The van der Waals surface area contributed by atoms with Gasteiger partial charge in [-0.1, -0.05) is 50.2 Å². The van der Waals surface area contributed by atoms with Crippen LogP contribution in [0.3, 0.4) is 0 Å². The van der Waals surface area contributed by atoms with Crippen molar-refractivity contribution < 1.29 is 28.2 Å². The second kappa shape index (κ2) is 7.08. The molecule has 2 aliphatic heterocycles. The fourth-order valence-corrected chi connectivity index (χ4v) is 4.23. The number of fused-ring (bicyclic) bond motifs is 4. The maximum absolute atomic E-state index is 13.7. The molecular weight excluding hydrogens is 403 g/mol. The molecule has 0 spiro atoms. The molecule has 5 rings (SSSR count). The Morgan fingerprint density at radius 2 is 1.77 bits per heavy atom. The predicted molar refractivity (Wildman–Crippen MR) is 112 cm³/mol. The molecule has 3 atom stereocenters. The van der Waals surface area contributed by atoms with Gasteiger partial charge in [0, 0.05) is 10.8 Å². The Morgan fingerprint density at radius 1 is 1.16 bits per heavy atom. The maximum atomic E-state index is 13.7. The molecule has 3 aromatic rings. The molecule has 0 saturated carbocycles. The van der Waals surface area contributed by atoms with E-state index in [2.05, 4.69) is 4.99 Å². The summed E-state index contributed by atoms with van der Waals surface area (Å²) in [5.41, 5.74) is 1.44. The highest BCUT2D eigenvalue weighted by atomic mass is 19.1. The number of benzene rings is 2. The normalized spacial score (nSPS) is 23.5. The first-order valence-corrected chi connectivity index (χ1v) is 10.2. The van der Waals surface area contributed by atoms with Crippen molar-refractivity contribution in [2.45, 2.75) is 38.2 Å². The van der Waals surface area contributed by atoms with Gasteiger partial charge in [-0.15, -0.1) is 0 Å². The Kier molecular flexibility index (Phi) is 4.46. The average Bonchev–Trinajstić information content (AvgIpc) is 3.37. The van der Waals surface area contributed by atoms with Crippen LogP contribution in [0.1, 0.15) is 20.3 Å². The Morgan fingerprint density at radius 3 is 2.32 bits per heavy atom. The zero-order valence-electron chi connectivity index (χ0n) is 17.1. The monoisotopic (exact) mass is 424 g/mol. The minimum atomic E-state index is -1.75. The molecule has 1 aromatic heterocycles.